The number of halogens is 1. The summed E-state index contributed by atoms with van der Waals surface area (Å²) in [6, 6.07) is 2.84. The summed E-state index contributed by atoms with van der Waals surface area (Å²) in [5.74, 6) is 0. The van der Waals surface area contributed by atoms with Crippen LogP contribution in [0.1, 0.15) is 148 Å². The molecule has 0 radical (unpaired) electrons. The van der Waals surface area contributed by atoms with Gasteiger partial charge in [0.1, 0.15) is 5.67 Å². The van der Waals surface area contributed by atoms with E-state index in [1.54, 1.807) is 6.92 Å². The van der Waals surface area contributed by atoms with Crippen molar-refractivity contribution in [1.82, 2.24) is 19.6 Å². The normalized spacial score (nSPS) is 29.1. The van der Waals surface area contributed by atoms with E-state index in [1.165, 1.54) is 90.4 Å². The lowest BCUT2D eigenvalue weighted by molar-refractivity contribution is -0.151. The highest BCUT2D eigenvalue weighted by Crippen LogP contribution is 2.57. The molecule has 4 aliphatic heterocycles. The Morgan fingerprint density at radius 1 is 0.524 bits per heavy atom. The molecule has 4 nitrogen and oxygen atoms in total. The Bertz CT molecular complexity index is 824. The van der Waals surface area contributed by atoms with Crippen LogP contribution in [0.5, 0.6) is 0 Å². The van der Waals surface area contributed by atoms with Gasteiger partial charge in [-0.3, -0.25) is 19.6 Å². The molecule has 4 heterocycles. The Kier molecular flexibility index (Phi) is 11.4. The van der Waals surface area contributed by atoms with E-state index in [2.05, 4.69) is 88.8 Å². The molecular formula is C37H73FN4. The van der Waals surface area contributed by atoms with Crippen LogP contribution in [-0.4, -0.2) is 99.8 Å². The highest BCUT2D eigenvalue weighted by Gasteiger charge is 2.57. The first-order chi connectivity index (χ1) is 18.9. The van der Waals surface area contributed by atoms with Gasteiger partial charge in [0.15, 0.2) is 0 Å². The topological polar surface area (TPSA) is 13.0 Å². The van der Waals surface area contributed by atoms with Crippen molar-refractivity contribution < 1.29 is 4.39 Å². The lowest BCUT2D eigenvalue weighted by atomic mass is 9.54. The lowest BCUT2D eigenvalue weighted by Crippen LogP contribution is -2.70. The largest absolute Gasteiger partial charge is 0.300 e. The second-order valence-corrected chi connectivity index (χ2v) is 17.7. The second-order valence-electron chi connectivity index (χ2n) is 17.7. The van der Waals surface area contributed by atoms with E-state index in [9.17, 15) is 4.39 Å². The van der Waals surface area contributed by atoms with Crippen molar-refractivity contribution in [2.45, 2.75) is 189 Å². The SMILES string of the molecule is C.CC(C)N1CC(C)(F)C1.CC(C)N1CC2(CCC2)C1.CC(C)N1CCC12CC(C)(C)C2.CC(C)N1CCC12CCC2. The molecule has 0 aromatic heterocycles. The molecule has 5 heteroatoms. The van der Waals surface area contributed by atoms with Crippen molar-refractivity contribution >= 4 is 0 Å². The monoisotopic (exact) mass is 593 g/mol. The average Bonchev–Trinajstić information content (AvgIpc) is 2.65. The van der Waals surface area contributed by atoms with Crippen LogP contribution in [-0.2, 0) is 0 Å². The van der Waals surface area contributed by atoms with Gasteiger partial charge >= 0.3 is 0 Å². The fraction of sp³-hybridized carbons (Fsp3) is 1.00. The standard InChI is InChI=1S/C11H21N.2C9H17N.C7H14FN.CH4/c1-9(2)12-6-5-11(12)7-10(3,4)8-11;1-8(2)10-6-9(7-10)4-3-5-9;1-8(2)10-7-6-9(10)4-3-5-9;1-6(2)9-4-7(3,8)5-9;/h9H,5-8H2,1-4H3;2*8H,3-7H2,1-2H3;6H,4-5H2,1-3H3;1H4. The number of rotatable bonds is 4. The molecule has 7 fully saturated rings. The Balaban J connectivity index is 0.000000153. The van der Waals surface area contributed by atoms with Gasteiger partial charge in [-0.1, -0.05) is 27.7 Å². The molecule has 0 atom stereocenters. The third-order valence-corrected chi connectivity index (χ3v) is 12.0. The van der Waals surface area contributed by atoms with Crippen LogP contribution in [0.2, 0.25) is 0 Å². The maximum Gasteiger partial charge on any atom is 0.133 e. The molecule has 248 valence electrons. The van der Waals surface area contributed by atoms with Crippen molar-refractivity contribution in [2.75, 3.05) is 39.3 Å². The van der Waals surface area contributed by atoms with Crippen LogP contribution < -0.4 is 0 Å². The van der Waals surface area contributed by atoms with Crippen LogP contribution in [0.25, 0.3) is 0 Å². The van der Waals surface area contributed by atoms with Gasteiger partial charge in [-0.2, -0.15) is 0 Å². The molecule has 0 aromatic carbocycles. The van der Waals surface area contributed by atoms with Gasteiger partial charge in [0.2, 0.25) is 0 Å². The molecule has 0 unspecified atom stereocenters. The molecule has 0 N–H and O–H groups in total. The van der Waals surface area contributed by atoms with E-state index in [-0.39, 0.29) is 7.43 Å². The van der Waals surface area contributed by atoms with Crippen molar-refractivity contribution in [1.29, 1.82) is 0 Å². The summed E-state index contributed by atoms with van der Waals surface area (Å²) in [5, 5.41) is 0. The zero-order valence-corrected chi connectivity index (χ0v) is 29.3. The van der Waals surface area contributed by atoms with Crippen molar-refractivity contribution in [2.24, 2.45) is 10.8 Å². The van der Waals surface area contributed by atoms with Crippen molar-refractivity contribution in [3.63, 3.8) is 0 Å². The number of likely N-dealkylation sites (tertiary alicyclic amines) is 4. The van der Waals surface area contributed by atoms with Gasteiger partial charge < -0.3 is 0 Å². The highest BCUT2D eigenvalue weighted by molar-refractivity contribution is 5.13. The van der Waals surface area contributed by atoms with Crippen LogP contribution in [0.4, 0.5) is 4.39 Å². The smallest absolute Gasteiger partial charge is 0.133 e. The van der Waals surface area contributed by atoms with Crippen LogP contribution >= 0.6 is 0 Å². The molecule has 3 spiro atoms. The Labute approximate surface area is 262 Å². The Morgan fingerprint density at radius 3 is 1.12 bits per heavy atom. The van der Waals surface area contributed by atoms with E-state index in [0.29, 0.717) is 35.6 Å². The van der Waals surface area contributed by atoms with Gasteiger partial charge in [0.25, 0.3) is 0 Å². The molecule has 0 bridgehead atoms. The zero-order chi connectivity index (χ0) is 30.4. The summed E-state index contributed by atoms with van der Waals surface area (Å²) in [7, 11) is 0. The van der Waals surface area contributed by atoms with Gasteiger partial charge in [-0.15, -0.1) is 0 Å². The summed E-state index contributed by atoms with van der Waals surface area (Å²) < 4.78 is 12.8. The van der Waals surface area contributed by atoms with Crippen LogP contribution in [0.15, 0.2) is 0 Å². The van der Waals surface area contributed by atoms with Crippen LogP contribution in [0, 0.1) is 10.8 Å². The van der Waals surface area contributed by atoms with Crippen LogP contribution in [0.3, 0.4) is 0 Å². The fourth-order valence-electron chi connectivity index (χ4n) is 9.30. The molecule has 0 amide bonds. The van der Waals surface area contributed by atoms with Gasteiger partial charge in [0, 0.05) is 74.5 Å². The first-order valence-corrected chi connectivity index (χ1v) is 17.6. The summed E-state index contributed by atoms with van der Waals surface area (Å²) in [6.45, 7) is 31.2. The molecule has 4 saturated heterocycles. The number of hydrogen-bond acceptors (Lipinski definition) is 4. The third kappa shape index (κ3) is 7.76. The molecule has 0 aromatic rings. The zero-order valence-electron chi connectivity index (χ0n) is 29.3. The van der Waals surface area contributed by atoms with Gasteiger partial charge in [0.05, 0.1) is 0 Å². The molecule has 3 aliphatic carbocycles. The van der Waals surface area contributed by atoms with Gasteiger partial charge in [-0.25, -0.2) is 4.39 Å². The van der Waals surface area contributed by atoms with Crippen molar-refractivity contribution in [3.05, 3.63) is 0 Å². The quantitative estimate of drug-likeness (QED) is 0.324. The van der Waals surface area contributed by atoms with E-state index in [1.807, 2.05) is 0 Å². The minimum Gasteiger partial charge on any atom is -0.300 e. The second kappa shape index (κ2) is 13.2. The third-order valence-electron chi connectivity index (χ3n) is 12.0. The average molecular weight is 593 g/mol. The summed E-state index contributed by atoms with van der Waals surface area (Å²) in [5.41, 5.74) is 1.92. The minimum absolute atomic E-state index is 0. The fourth-order valence-corrected chi connectivity index (χ4v) is 9.30. The first-order valence-electron chi connectivity index (χ1n) is 17.6. The molecule has 7 rings (SSSR count). The lowest BCUT2D eigenvalue weighted by Gasteiger charge is -2.66. The molecular weight excluding hydrogens is 519 g/mol. The van der Waals surface area contributed by atoms with E-state index >= 15 is 0 Å². The maximum atomic E-state index is 12.8. The number of hydrogen-bond donors (Lipinski definition) is 0. The van der Waals surface area contributed by atoms with Crippen molar-refractivity contribution in [3.8, 4) is 0 Å². The highest BCUT2D eigenvalue weighted by atomic mass is 19.1. The first kappa shape index (κ1) is 36.2. The Morgan fingerprint density at radius 2 is 0.929 bits per heavy atom. The molecule has 42 heavy (non-hydrogen) atoms. The predicted octanol–water partition coefficient (Wildman–Crippen LogP) is 8.64. The van der Waals surface area contributed by atoms with E-state index in [4.69, 9.17) is 0 Å². The Hall–Kier alpha value is -0.230. The summed E-state index contributed by atoms with van der Waals surface area (Å²) in [6.07, 6.45) is 14.7. The van der Waals surface area contributed by atoms with E-state index < -0.39 is 5.67 Å². The number of nitrogens with zero attached hydrogens (tertiary/aromatic N) is 4. The van der Waals surface area contributed by atoms with E-state index in [0.717, 1.165) is 23.5 Å². The molecule has 7 aliphatic rings. The predicted molar refractivity (Wildman–Crippen MR) is 181 cm³/mol. The summed E-state index contributed by atoms with van der Waals surface area (Å²) >= 11 is 0. The van der Waals surface area contributed by atoms with Gasteiger partial charge in [-0.05, 0) is 131 Å². The minimum atomic E-state index is -0.899. The number of alkyl halides is 1. The molecule has 3 saturated carbocycles. The summed E-state index contributed by atoms with van der Waals surface area (Å²) in [4.78, 5) is 10.1. The maximum absolute atomic E-state index is 12.8.